The molecule has 0 aromatic heterocycles. The summed E-state index contributed by atoms with van der Waals surface area (Å²) in [5.41, 5.74) is 8.89. The van der Waals surface area contributed by atoms with Crippen LogP contribution in [0.3, 0.4) is 0 Å². The van der Waals surface area contributed by atoms with Crippen molar-refractivity contribution in [2.45, 2.75) is 26.8 Å². The zero-order valence-corrected chi connectivity index (χ0v) is 11.7. The fourth-order valence-electron chi connectivity index (χ4n) is 1.79. The predicted octanol–water partition coefficient (Wildman–Crippen LogP) is 1.52. The Balaban J connectivity index is 2.63. The van der Waals surface area contributed by atoms with Gasteiger partial charge in [-0.05, 0) is 31.9 Å². The van der Waals surface area contributed by atoms with Gasteiger partial charge < -0.3 is 16.0 Å². The van der Waals surface area contributed by atoms with Gasteiger partial charge in [-0.25, -0.2) is 0 Å². The standard InChI is InChI=1S/C14H23N3O/c1-10-6-5-7-11(2)14(10)16-9-13(18)17(4)12(3)8-15/h5-7,12,16H,8-9,15H2,1-4H3. The number of rotatable bonds is 5. The van der Waals surface area contributed by atoms with Crippen molar-refractivity contribution < 1.29 is 4.79 Å². The molecule has 1 amide bonds. The molecule has 100 valence electrons. The van der Waals surface area contributed by atoms with Crippen LogP contribution in [0.4, 0.5) is 5.69 Å². The predicted molar refractivity (Wildman–Crippen MR) is 75.7 cm³/mol. The van der Waals surface area contributed by atoms with E-state index in [0.29, 0.717) is 13.1 Å². The van der Waals surface area contributed by atoms with Crippen LogP contribution >= 0.6 is 0 Å². The van der Waals surface area contributed by atoms with E-state index in [9.17, 15) is 4.79 Å². The van der Waals surface area contributed by atoms with Crippen LogP contribution in [0.2, 0.25) is 0 Å². The number of hydrogen-bond donors (Lipinski definition) is 2. The summed E-state index contributed by atoms with van der Waals surface area (Å²) in [6.07, 6.45) is 0. The number of benzene rings is 1. The molecular formula is C14H23N3O. The van der Waals surface area contributed by atoms with E-state index in [0.717, 1.165) is 16.8 Å². The van der Waals surface area contributed by atoms with E-state index in [1.807, 2.05) is 39.0 Å². The molecule has 1 rings (SSSR count). The van der Waals surface area contributed by atoms with Crippen LogP contribution in [0.15, 0.2) is 18.2 Å². The van der Waals surface area contributed by atoms with Gasteiger partial charge >= 0.3 is 0 Å². The van der Waals surface area contributed by atoms with E-state index in [4.69, 9.17) is 5.73 Å². The zero-order valence-electron chi connectivity index (χ0n) is 11.7. The third-order valence-corrected chi connectivity index (χ3v) is 3.29. The molecule has 0 heterocycles. The number of hydrogen-bond acceptors (Lipinski definition) is 3. The fourth-order valence-corrected chi connectivity index (χ4v) is 1.79. The highest BCUT2D eigenvalue weighted by Gasteiger charge is 2.14. The summed E-state index contributed by atoms with van der Waals surface area (Å²) in [6.45, 7) is 6.78. The van der Waals surface area contributed by atoms with Gasteiger partial charge in [0.25, 0.3) is 0 Å². The Kier molecular flexibility index (Phi) is 5.16. The second-order valence-corrected chi connectivity index (χ2v) is 4.71. The van der Waals surface area contributed by atoms with Gasteiger partial charge in [0.1, 0.15) is 0 Å². The molecule has 0 saturated carbocycles. The second-order valence-electron chi connectivity index (χ2n) is 4.71. The van der Waals surface area contributed by atoms with Gasteiger partial charge in [-0.2, -0.15) is 0 Å². The average Bonchev–Trinajstić information content (AvgIpc) is 2.36. The molecule has 4 nitrogen and oxygen atoms in total. The first-order valence-electron chi connectivity index (χ1n) is 6.23. The normalized spacial score (nSPS) is 12.1. The first-order chi connectivity index (χ1) is 8.47. The number of anilines is 1. The molecule has 4 heteroatoms. The van der Waals surface area contributed by atoms with Crippen LogP contribution in [0, 0.1) is 13.8 Å². The third-order valence-electron chi connectivity index (χ3n) is 3.29. The number of nitrogens with two attached hydrogens (primary N) is 1. The highest BCUT2D eigenvalue weighted by molar-refractivity contribution is 5.81. The van der Waals surface area contributed by atoms with Crippen molar-refractivity contribution in [3.63, 3.8) is 0 Å². The summed E-state index contributed by atoms with van der Waals surface area (Å²) in [4.78, 5) is 13.6. The summed E-state index contributed by atoms with van der Waals surface area (Å²) in [7, 11) is 1.78. The van der Waals surface area contributed by atoms with Crippen molar-refractivity contribution in [1.82, 2.24) is 4.90 Å². The summed E-state index contributed by atoms with van der Waals surface area (Å²) >= 11 is 0. The molecule has 0 aliphatic heterocycles. The number of amides is 1. The first-order valence-corrected chi connectivity index (χ1v) is 6.23. The minimum absolute atomic E-state index is 0.0515. The van der Waals surface area contributed by atoms with Gasteiger partial charge in [0.05, 0.1) is 6.54 Å². The molecule has 3 N–H and O–H groups in total. The summed E-state index contributed by atoms with van der Waals surface area (Å²) in [5, 5.41) is 3.21. The van der Waals surface area contributed by atoms with Crippen molar-refractivity contribution in [1.29, 1.82) is 0 Å². The zero-order chi connectivity index (χ0) is 13.7. The number of para-hydroxylation sites is 1. The molecule has 18 heavy (non-hydrogen) atoms. The van der Waals surface area contributed by atoms with Gasteiger partial charge in [0.2, 0.25) is 5.91 Å². The summed E-state index contributed by atoms with van der Waals surface area (Å²) in [6, 6.07) is 6.15. The summed E-state index contributed by atoms with van der Waals surface area (Å²) in [5.74, 6) is 0.0515. The lowest BCUT2D eigenvalue weighted by Gasteiger charge is -2.24. The van der Waals surface area contributed by atoms with Crippen LogP contribution in [0.5, 0.6) is 0 Å². The Bertz CT molecular complexity index is 397. The van der Waals surface area contributed by atoms with Gasteiger partial charge in [-0.1, -0.05) is 18.2 Å². The molecule has 0 fully saturated rings. The van der Waals surface area contributed by atoms with Gasteiger partial charge in [-0.15, -0.1) is 0 Å². The fraction of sp³-hybridized carbons (Fsp3) is 0.500. The first kappa shape index (κ1) is 14.5. The van der Waals surface area contributed by atoms with E-state index >= 15 is 0 Å². The molecule has 1 aromatic carbocycles. The molecular weight excluding hydrogens is 226 g/mol. The lowest BCUT2D eigenvalue weighted by Crippen LogP contribution is -2.42. The van der Waals surface area contributed by atoms with Crippen LogP contribution in [-0.2, 0) is 4.79 Å². The van der Waals surface area contributed by atoms with Crippen LogP contribution in [-0.4, -0.2) is 37.0 Å². The minimum atomic E-state index is 0.0515. The lowest BCUT2D eigenvalue weighted by atomic mass is 10.1. The molecule has 0 saturated heterocycles. The van der Waals surface area contributed by atoms with Crippen molar-refractivity contribution >= 4 is 11.6 Å². The Labute approximate surface area is 109 Å². The quantitative estimate of drug-likeness (QED) is 0.832. The Hall–Kier alpha value is -1.55. The number of nitrogens with zero attached hydrogens (tertiary/aromatic N) is 1. The third kappa shape index (κ3) is 3.47. The number of carbonyl (C=O) groups excluding carboxylic acids is 1. The maximum atomic E-state index is 11.9. The molecule has 1 aromatic rings. The number of nitrogens with one attached hydrogen (secondary N) is 1. The maximum absolute atomic E-state index is 11.9. The van der Waals surface area contributed by atoms with Crippen molar-refractivity contribution in [3.05, 3.63) is 29.3 Å². The largest absolute Gasteiger partial charge is 0.376 e. The van der Waals surface area contributed by atoms with E-state index < -0.39 is 0 Å². The molecule has 0 radical (unpaired) electrons. The number of aryl methyl sites for hydroxylation is 2. The van der Waals surface area contributed by atoms with Gasteiger partial charge in [0.15, 0.2) is 0 Å². The molecule has 1 unspecified atom stereocenters. The van der Waals surface area contributed by atoms with E-state index in [1.54, 1.807) is 11.9 Å². The summed E-state index contributed by atoms with van der Waals surface area (Å²) < 4.78 is 0. The highest BCUT2D eigenvalue weighted by Crippen LogP contribution is 2.18. The average molecular weight is 249 g/mol. The van der Waals surface area contributed by atoms with Crippen molar-refractivity contribution in [3.8, 4) is 0 Å². The Morgan fingerprint density at radius 1 is 1.39 bits per heavy atom. The SMILES string of the molecule is Cc1cccc(C)c1NCC(=O)N(C)C(C)CN. The minimum Gasteiger partial charge on any atom is -0.376 e. The lowest BCUT2D eigenvalue weighted by molar-refractivity contribution is -0.129. The van der Waals surface area contributed by atoms with Crippen molar-refractivity contribution in [2.24, 2.45) is 5.73 Å². The smallest absolute Gasteiger partial charge is 0.241 e. The van der Waals surface area contributed by atoms with Crippen molar-refractivity contribution in [2.75, 3.05) is 25.5 Å². The van der Waals surface area contributed by atoms with Gasteiger partial charge in [-0.3, -0.25) is 4.79 Å². The highest BCUT2D eigenvalue weighted by atomic mass is 16.2. The number of likely N-dealkylation sites (N-methyl/N-ethyl adjacent to an activating group) is 1. The molecule has 0 spiro atoms. The maximum Gasteiger partial charge on any atom is 0.241 e. The Morgan fingerprint density at radius 2 is 1.94 bits per heavy atom. The van der Waals surface area contributed by atoms with E-state index in [-0.39, 0.29) is 11.9 Å². The van der Waals surface area contributed by atoms with Crippen LogP contribution in [0.1, 0.15) is 18.1 Å². The molecule has 0 aliphatic carbocycles. The Morgan fingerprint density at radius 3 is 2.44 bits per heavy atom. The monoisotopic (exact) mass is 249 g/mol. The molecule has 1 atom stereocenters. The van der Waals surface area contributed by atoms with Gasteiger partial charge in [0, 0.05) is 25.3 Å². The second kappa shape index (κ2) is 6.40. The van der Waals surface area contributed by atoms with E-state index in [2.05, 4.69) is 5.32 Å². The molecule has 0 bridgehead atoms. The van der Waals surface area contributed by atoms with Crippen LogP contribution < -0.4 is 11.1 Å². The van der Waals surface area contributed by atoms with Crippen LogP contribution in [0.25, 0.3) is 0 Å². The molecule has 0 aliphatic rings. The number of carbonyl (C=O) groups is 1. The van der Waals surface area contributed by atoms with E-state index in [1.165, 1.54) is 0 Å². The topological polar surface area (TPSA) is 58.4 Å².